The molecule has 0 saturated heterocycles. The number of allylic oxidation sites excluding steroid dienone is 2. The summed E-state index contributed by atoms with van der Waals surface area (Å²) in [5, 5.41) is 5.47. The number of unbranched alkanes of at least 4 members (excludes halogenated alkanes) is 2. The lowest BCUT2D eigenvalue weighted by molar-refractivity contribution is -0.118. The first-order chi connectivity index (χ1) is 12.4. The lowest BCUT2D eigenvalue weighted by Crippen LogP contribution is -2.25. The van der Waals surface area contributed by atoms with E-state index in [0.717, 1.165) is 12.8 Å². The van der Waals surface area contributed by atoms with Gasteiger partial charge in [0.2, 0.25) is 11.8 Å². The number of aliphatic imine (C=N–C) groups is 1. The van der Waals surface area contributed by atoms with Crippen molar-refractivity contribution in [3.63, 3.8) is 0 Å². The van der Waals surface area contributed by atoms with E-state index in [1.807, 2.05) is 0 Å². The number of nitrogens with zero attached hydrogens (tertiary/aromatic N) is 1. The number of halogens is 1. The van der Waals surface area contributed by atoms with E-state index in [9.17, 15) is 14.0 Å². The highest BCUT2D eigenvalue weighted by Gasteiger charge is 2.06. The SMILES string of the molecule is C=N/C=C\C=C(/C)C(=O)NCCCCCC(=O)Nc1ccc(F)cc1N. The number of hydrogen-bond acceptors (Lipinski definition) is 4. The molecule has 1 rings (SSSR count). The zero-order valence-electron chi connectivity index (χ0n) is 14.9. The third kappa shape index (κ3) is 8.23. The Kier molecular flexibility index (Phi) is 9.38. The van der Waals surface area contributed by atoms with E-state index in [0.29, 0.717) is 30.6 Å². The molecule has 0 saturated carbocycles. The molecule has 0 aliphatic carbocycles. The molecule has 0 bridgehead atoms. The molecule has 140 valence electrons. The summed E-state index contributed by atoms with van der Waals surface area (Å²) in [4.78, 5) is 27.2. The van der Waals surface area contributed by atoms with Crippen molar-refractivity contribution in [1.29, 1.82) is 0 Å². The van der Waals surface area contributed by atoms with Crippen LogP contribution in [-0.4, -0.2) is 25.1 Å². The minimum atomic E-state index is -0.443. The van der Waals surface area contributed by atoms with Crippen molar-refractivity contribution >= 4 is 29.9 Å². The molecular weight excluding hydrogens is 335 g/mol. The maximum atomic E-state index is 13.0. The first-order valence-electron chi connectivity index (χ1n) is 8.36. The summed E-state index contributed by atoms with van der Waals surface area (Å²) in [6.07, 6.45) is 7.41. The first-order valence-corrected chi connectivity index (χ1v) is 8.36. The Morgan fingerprint density at radius 2 is 2.08 bits per heavy atom. The first kappa shape index (κ1) is 21.1. The average Bonchev–Trinajstić information content (AvgIpc) is 2.60. The number of amides is 2. The third-order valence-corrected chi connectivity index (χ3v) is 3.55. The topological polar surface area (TPSA) is 96.6 Å². The fraction of sp³-hybridized carbons (Fsp3) is 0.316. The number of carbonyl (C=O) groups is 2. The van der Waals surface area contributed by atoms with Crippen LogP contribution >= 0.6 is 0 Å². The fourth-order valence-electron chi connectivity index (χ4n) is 2.11. The number of nitrogen functional groups attached to an aromatic ring is 1. The minimum Gasteiger partial charge on any atom is -0.397 e. The van der Waals surface area contributed by atoms with Crippen LogP contribution in [0, 0.1) is 5.82 Å². The molecule has 0 unspecified atom stereocenters. The number of hydrogen-bond donors (Lipinski definition) is 3. The van der Waals surface area contributed by atoms with Gasteiger partial charge in [0.05, 0.1) is 11.4 Å². The monoisotopic (exact) mass is 360 g/mol. The smallest absolute Gasteiger partial charge is 0.246 e. The second kappa shape index (κ2) is 11.6. The van der Waals surface area contributed by atoms with Gasteiger partial charge in [0.1, 0.15) is 5.82 Å². The van der Waals surface area contributed by atoms with Crippen LogP contribution in [0.3, 0.4) is 0 Å². The quantitative estimate of drug-likeness (QED) is 0.197. The largest absolute Gasteiger partial charge is 0.397 e. The molecule has 2 amide bonds. The van der Waals surface area contributed by atoms with Crippen molar-refractivity contribution in [2.45, 2.75) is 32.6 Å². The lowest BCUT2D eigenvalue weighted by atomic mass is 10.1. The van der Waals surface area contributed by atoms with Crippen LogP contribution in [0.4, 0.5) is 15.8 Å². The van der Waals surface area contributed by atoms with Crippen molar-refractivity contribution < 1.29 is 14.0 Å². The van der Waals surface area contributed by atoms with Gasteiger partial charge in [-0.05, 0) is 50.8 Å². The van der Waals surface area contributed by atoms with E-state index in [4.69, 9.17) is 5.73 Å². The van der Waals surface area contributed by atoms with E-state index in [1.54, 1.807) is 19.1 Å². The normalized spacial score (nSPS) is 11.4. The van der Waals surface area contributed by atoms with Crippen LogP contribution in [0.2, 0.25) is 0 Å². The zero-order valence-corrected chi connectivity index (χ0v) is 14.9. The second-order valence-corrected chi connectivity index (χ2v) is 5.72. The van der Waals surface area contributed by atoms with Gasteiger partial charge in [-0.25, -0.2) is 4.39 Å². The number of anilines is 2. The van der Waals surface area contributed by atoms with Gasteiger partial charge in [-0.15, -0.1) is 0 Å². The Morgan fingerprint density at radius 3 is 2.77 bits per heavy atom. The number of nitrogens with one attached hydrogen (secondary N) is 2. The molecule has 0 fully saturated rings. The van der Waals surface area contributed by atoms with Gasteiger partial charge < -0.3 is 16.4 Å². The molecule has 0 atom stereocenters. The van der Waals surface area contributed by atoms with Crippen LogP contribution in [0.25, 0.3) is 0 Å². The van der Waals surface area contributed by atoms with Gasteiger partial charge in [0.15, 0.2) is 0 Å². The van der Waals surface area contributed by atoms with Gasteiger partial charge in [0.25, 0.3) is 0 Å². The minimum absolute atomic E-state index is 0.136. The number of nitrogens with two attached hydrogens (primary N) is 1. The Bertz CT molecular complexity index is 699. The van der Waals surface area contributed by atoms with Gasteiger partial charge in [-0.3, -0.25) is 14.6 Å². The third-order valence-electron chi connectivity index (χ3n) is 3.55. The fourth-order valence-corrected chi connectivity index (χ4v) is 2.11. The molecule has 6 nitrogen and oxygen atoms in total. The van der Waals surface area contributed by atoms with Crippen molar-refractivity contribution in [3.8, 4) is 0 Å². The van der Waals surface area contributed by atoms with Crippen molar-refractivity contribution in [3.05, 3.63) is 47.9 Å². The van der Waals surface area contributed by atoms with Gasteiger partial charge in [0, 0.05) is 24.7 Å². The average molecular weight is 360 g/mol. The van der Waals surface area contributed by atoms with Crippen LogP contribution < -0.4 is 16.4 Å². The lowest BCUT2D eigenvalue weighted by Gasteiger charge is -2.08. The van der Waals surface area contributed by atoms with Crippen LogP contribution in [0.5, 0.6) is 0 Å². The van der Waals surface area contributed by atoms with Crippen molar-refractivity contribution in [2.75, 3.05) is 17.6 Å². The van der Waals surface area contributed by atoms with Crippen molar-refractivity contribution in [1.82, 2.24) is 5.32 Å². The molecular formula is C19H25FN4O2. The van der Waals surface area contributed by atoms with Crippen LogP contribution in [-0.2, 0) is 9.59 Å². The Hall–Kier alpha value is -2.96. The summed E-state index contributed by atoms with van der Waals surface area (Å²) in [5.41, 5.74) is 6.83. The van der Waals surface area contributed by atoms with Gasteiger partial charge >= 0.3 is 0 Å². The molecule has 0 spiro atoms. The Balaban J connectivity index is 2.19. The van der Waals surface area contributed by atoms with Crippen LogP contribution in [0.1, 0.15) is 32.6 Å². The highest BCUT2D eigenvalue weighted by atomic mass is 19.1. The summed E-state index contributed by atoms with van der Waals surface area (Å²) < 4.78 is 13.0. The summed E-state index contributed by atoms with van der Waals surface area (Å²) in [6.45, 7) is 5.57. The van der Waals surface area contributed by atoms with Gasteiger partial charge in [-0.2, -0.15) is 0 Å². The predicted octanol–water partition coefficient (Wildman–Crippen LogP) is 3.18. The standard InChI is InChI=1S/C19H25FN4O2/c1-14(7-6-11-22-2)19(26)23-12-5-3-4-8-18(25)24-17-10-9-15(20)13-16(17)21/h6-7,9-11,13H,2-5,8,12,21H2,1H3,(H,23,26)(H,24,25)/b11-6-,14-7+. The van der Waals surface area contributed by atoms with E-state index >= 15 is 0 Å². The van der Waals surface area contributed by atoms with E-state index in [2.05, 4.69) is 22.3 Å². The zero-order chi connectivity index (χ0) is 19.4. The summed E-state index contributed by atoms with van der Waals surface area (Å²) in [7, 11) is 0. The summed E-state index contributed by atoms with van der Waals surface area (Å²) in [6, 6.07) is 3.85. The maximum Gasteiger partial charge on any atom is 0.246 e. The van der Waals surface area contributed by atoms with E-state index in [-0.39, 0.29) is 17.5 Å². The number of carbonyl (C=O) groups excluding carboxylic acids is 2. The van der Waals surface area contributed by atoms with E-state index in [1.165, 1.54) is 24.4 Å². The highest BCUT2D eigenvalue weighted by Crippen LogP contribution is 2.19. The summed E-state index contributed by atoms with van der Waals surface area (Å²) in [5.74, 6) is -0.752. The van der Waals surface area contributed by atoms with Crippen molar-refractivity contribution in [2.24, 2.45) is 4.99 Å². The Morgan fingerprint density at radius 1 is 1.31 bits per heavy atom. The molecule has 7 heteroatoms. The summed E-state index contributed by atoms with van der Waals surface area (Å²) >= 11 is 0. The highest BCUT2D eigenvalue weighted by molar-refractivity contribution is 5.94. The molecule has 0 heterocycles. The molecule has 0 aromatic heterocycles. The van der Waals surface area contributed by atoms with Crippen LogP contribution in [0.15, 0.2) is 47.1 Å². The molecule has 0 aliphatic rings. The predicted molar refractivity (Wildman–Crippen MR) is 103 cm³/mol. The molecule has 1 aromatic carbocycles. The molecule has 4 N–H and O–H groups in total. The van der Waals surface area contributed by atoms with Gasteiger partial charge in [-0.1, -0.05) is 12.5 Å². The Labute approximate surface area is 153 Å². The maximum absolute atomic E-state index is 13.0. The second-order valence-electron chi connectivity index (χ2n) is 5.72. The molecule has 0 aliphatic heterocycles. The molecule has 1 aromatic rings. The van der Waals surface area contributed by atoms with E-state index < -0.39 is 5.82 Å². The molecule has 0 radical (unpaired) electrons. The number of benzene rings is 1. The molecule has 26 heavy (non-hydrogen) atoms. The number of rotatable bonds is 10.